The van der Waals surface area contributed by atoms with E-state index in [1.165, 1.54) is 0 Å². The molecule has 0 fully saturated rings. The summed E-state index contributed by atoms with van der Waals surface area (Å²) in [5.74, 6) is 0.310. The third-order valence-electron chi connectivity index (χ3n) is 2.51. The maximum atomic E-state index is 11.3. The molecule has 0 unspecified atom stereocenters. The van der Waals surface area contributed by atoms with Crippen molar-refractivity contribution < 1.29 is 9.53 Å². The molecule has 0 aliphatic rings. The number of nitrogens with zero attached hydrogens (tertiary/aromatic N) is 1. The van der Waals surface area contributed by atoms with Crippen LogP contribution in [0.3, 0.4) is 0 Å². The molecule has 4 nitrogen and oxygen atoms in total. The third kappa shape index (κ3) is 2.48. The van der Waals surface area contributed by atoms with E-state index in [0.29, 0.717) is 17.9 Å². The molecule has 0 bridgehead atoms. The van der Waals surface area contributed by atoms with Crippen molar-refractivity contribution in [2.75, 3.05) is 6.61 Å². The number of pyridine rings is 1. The zero-order valence-electron chi connectivity index (χ0n) is 10.1. The lowest BCUT2D eigenvalue weighted by molar-refractivity contribution is 0.100. The van der Waals surface area contributed by atoms with Crippen molar-refractivity contribution in [3.63, 3.8) is 0 Å². The first-order chi connectivity index (χ1) is 8.72. The van der Waals surface area contributed by atoms with Crippen LogP contribution < -0.4 is 10.5 Å². The van der Waals surface area contributed by atoms with E-state index < -0.39 is 5.91 Å². The first-order valence-corrected chi connectivity index (χ1v) is 5.70. The van der Waals surface area contributed by atoms with Crippen LogP contribution in [0.25, 0.3) is 11.3 Å². The zero-order chi connectivity index (χ0) is 13.0. The standard InChI is InChI=1S/C14H14N2O2/c1-2-18-11-7-5-10(6-8-11)13-12(14(15)17)4-3-9-16-13/h3-9H,2H2,1H3,(H2,15,17). The molecular weight excluding hydrogens is 228 g/mol. The number of ether oxygens (including phenoxy) is 1. The molecular formula is C14H14N2O2. The van der Waals surface area contributed by atoms with E-state index in [2.05, 4.69) is 4.98 Å². The average molecular weight is 242 g/mol. The second kappa shape index (κ2) is 5.31. The van der Waals surface area contributed by atoms with Crippen LogP contribution >= 0.6 is 0 Å². The molecule has 2 N–H and O–H groups in total. The summed E-state index contributed by atoms with van der Waals surface area (Å²) in [6, 6.07) is 10.8. The number of rotatable bonds is 4. The highest BCUT2D eigenvalue weighted by Crippen LogP contribution is 2.23. The largest absolute Gasteiger partial charge is 0.494 e. The Bertz CT molecular complexity index is 550. The van der Waals surface area contributed by atoms with Gasteiger partial charge in [0.25, 0.3) is 5.91 Å². The van der Waals surface area contributed by atoms with E-state index >= 15 is 0 Å². The summed E-state index contributed by atoms with van der Waals surface area (Å²) in [7, 11) is 0. The number of benzene rings is 1. The molecule has 1 heterocycles. The quantitative estimate of drug-likeness (QED) is 0.894. The van der Waals surface area contributed by atoms with Gasteiger partial charge in [-0.05, 0) is 43.3 Å². The number of carbonyl (C=O) groups is 1. The molecule has 1 aromatic carbocycles. The zero-order valence-corrected chi connectivity index (χ0v) is 10.1. The molecule has 18 heavy (non-hydrogen) atoms. The minimum absolute atomic E-state index is 0.418. The van der Waals surface area contributed by atoms with Gasteiger partial charge in [0, 0.05) is 11.8 Å². The summed E-state index contributed by atoms with van der Waals surface area (Å²) in [5, 5.41) is 0. The predicted molar refractivity (Wildman–Crippen MR) is 69.4 cm³/mol. The molecule has 0 aliphatic carbocycles. The topological polar surface area (TPSA) is 65.2 Å². The van der Waals surface area contributed by atoms with Crippen LogP contribution in [0.2, 0.25) is 0 Å². The van der Waals surface area contributed by atoms with Crippen molar-refractivity contribution in [3.05, 3.63) is 48.2 Å². The molecule has 92 valence electrons. The second-order valence-electron chi connectivity index (χ2n) is 3.72. The van der Waals surface area contributed by atoms with Crippen molar-refractivity contribution in [2.45, 2.75) is 6.92 Å². The summed E-state index contributed by atoms with van der Waals surface area (Å²) >= 11 is 0. The molecule has 1 aromatic heterocycles. The van der Waals surface area contributed by atoms with Gasteiger partial charge in [0.2, 0.25) is 0 Å². The van der Waals surface area contributed by atoms with Gasteiger partial charge in [-0.2, -0.15) is 0 Å². The maximum Gasteiger partial charge on any atom is 0.250 e. The number of hydrogen-bond acceptors (Lipinski definition) is 3. The van der Waals surface area contributed by atoms with E-state index in [-0.39, 0.29) is 0 Å². The summed E-state index contributed by atoms with van der Waals surface area (Å²) in [6.07, 6.45) is 1.64. The molecule has 2 aromatic rings. The van der Waals surface area contributed by atoms with Gasteiger partial charge in [-0.3, -0.25) is 9.78 Å². The number of aromatic nitrogens is 1. The summed E-state index contributed by atoms with van der Waals surface area (Å²) in [6.45, 7) is 2.55. The maximum absolute atomic E-state index is 11.3. The Morgan fingerprint density at radius 2 is 2.00 bits per heavy atom. The van der Waals surface area contributed by atoms with Crippen molar-refractivity contribution >= 4 is 5.91 Å². The van der Waals surface area contributed by atoms with Gasteiger partial charge >= 0.3 is 0 Å². The molecule has 0 saturated heterocycles. The lowest BCUT2D eigenvalue weighted by Crippen LogP contribution is -2.12. The second-order valence-corrected chi connectivity index (χ2v) is 3.72. The van der Waals surface area contributed by atoms with Crippen molar-refractivity contribution in [1.29, 1.82) is 0 Å². The average Bonchev–Trinajstić information content (AvgIpc) is 2.40. The highest BCUT2D eigenvalue weighted by atomic mass is 16.5. The van der Waals surface area contributed by atoms with Gasteiger partial charge < -0.3 is 10.5 Å². The molecule has 0 radical (unpaired) electrons. The molecule has 0 saturated carbocycles. The van der Waals surface area contributed by atoms with Crippen LogP contribution in [0, 0.1) is 0 Å². The molecule has 0 spiro atoms. The predicted octanol–water partition coefficient (Wildman–Crippen LogP) is 2.25. The Morgan fingerprint density at radius 1 is 1.28 bits per heavy atom. The van der Waals surface area contributed by atoms with E-state index in [1.807, 2.05) is 31.2 Å². The molecule has 1 amide bonds. The van der Waals surface area contributed by atoms with Crippen LogP contribution in [-0.4, -0.2) is 17.5 Å². The fourth-order valence-corrected chi connectivity index (χ4v) is 1.71. The van der Waals surface area contributed by atoms with Gasteiger partial charge in [-0.25, -0.2) is 0 Å². The summed E-state index contributed by atoms with van der Waals surface area (Å²) < 4.78 is 5.36. The fourth-order valence-electron chi connectivity index (χ4n) is 1.71. The van der Waals surface area contributed by atoms with E-state index in [1.54, 1.807) is 18.3 Å². The first-order valence-electron chi connectivity index (χ1n) is 5.70. The number of nitrogens with two attached hydrogens (primary N) is 1. The first kappa shape index (κ1) is 12.1. The third-order valence-corrected chi connectivity index (χ3v) is 2.51. The van der Waals surface area contributed by atoms with Gasteiger partial charge in [-0.1, -0.05) is 0 Å². The van der Waals surface area contributed by atoms with Gasteiger partial charge in [0.05, 0.1) is 17.9 Å². The van der Waals surface area contributed by atoms with Crippen molar-refractivity contribution in [3.8, 4) is 17.0 Å². The van der Waals surface area contributed by atoms with Crippen LogP contribution in [0.15, 0.2) is 42.6 Å². The number of hydrogen-bond donors (Lipinski definition) is 1. The summed E-state index contributed by atoms with van der Waals surface area (Å²) in [5.41, 5.74) is 7.18. The van der Waals surface area contributed by atoms with Crippen LogP contribution in [0.4, 0.5) is 0 Å². The van der Waals surface area contributed by atoms with Crippen molar-refractivity contribution in [1.82, 2.24) is 4.98 Å². The molecule has 0 atom stereocenters. The van der Waals surface area contributed by atoms with Gasteiger partial charge in [0.15, 0.2) is 0 Å². The Morgan fingerprint density at radius 3 is 2.61 bits per heavy atom. The summed E-state index contributed by atoms with van der Waals surface area (Å²) in [4.78, 5) is 15.5. The van der Waals surface area contributed by atoms with E-state index in [4.69, 9.17) is 10.5 Å². The highest BCUT2D eigenvalue weighted by molar-refractivity contribution is 5.98. The van der Waals surface area contributed by atoms with Gasteiger partial charge in [-0.15, -0.1) is 0 Å². The Labute approximate surface area is 105 Å². The molecule has 4 heteroatoms. The highest BCUT2D eigenvalue weighted by Gasteiger charge is 2.10. The lowest BCUT2D eigenvalue weighted by Gasteiger charge is -2.07. The Balaban J connectivity index is 2.39. The van der Waals surface area contributed by atoms with Crippen LogP contribution in [-0.2, 0) is 0 Å². The van der Waals surface area contributed by atoms with Crippen molar-refractivity contribution in [2.24, 2.45) is 5.73 Å². The SMILES string of the molecule is CCOc1ccc(-c2ncccc2C(N)=O)cc1. The number of carbonyl (C=O) groups excluding carboxylic acids is 1. The van der Waals surface area contributed by atoms with E-state index in [0.717, 1.165) is 11.3 Å². The van der Waals surface area contributed by atoms with Gasteiger partial charge in [0.1, 0.15) is 5.75 Å². The molecule has 0 aliphatic heterocycles. The number of primary amides is 1. The van der Waals surface area contributed by atoms with Crippen LogP contribution in [0.5, 0.6) is 5.75 Å². The fraction of sp³-hybridized carbons (Fsp3) is 0.143. The normalized spacial score (nSPS) is 10.1. The molecule has 2 rings (SSSR count). The van der Waals surface area contributed by atoms with Crippen LogP contribution in [0.1, 0.15) is 17.3 Å². The Kier molecular flexibility index (Phi) is 3.57. The smallest absolute Gasteiger partial charge is 0.250 e. The lowest BCUT2D eigenvalue weighted by atomic mass is 10.1. The minimum Gasteiger partial charge on any atom is -0.494 e. The monoisotopic (exact) mass is 242 g/mol. The Hall–Kier alpha value is -2.36. The number of amides is 1. The minimum atomic E-state index is -0.480. The van der Waals surface area contributed by atoms with E-state index in [9.17, 15) is 4.79 Å².